The Hall–Kier alpha value is -3.01. The van der Waals surface area contributed by atoms with Gasteiger partial charge >= 0.3 is 6.03 Å². The van der Waals surface area contributed by atoms with Crippen LogP contribution in [-0.4, -0.2) is 44.1 Å². The number of benzene rings is 2. The third-order valence-electron chi connectivity index (χ3n) is 4.80. The average Bonchev–Trinajstić information content (AvgIpc) is 2.79. The fourth-order valence-corrected chi connectivity index (χ4v) is 4.80. The highest BCUT2D eigenvalue weighted by Gasteiger charge is 2.34. The summed E-state index contributed by atoms with van der Waals surface area (Å²) < 4.78 is 32.8. The summed E-state index contributed by atoms with van der Waals surface area (Å²) in [6.07, 6.45) is 1.41. The van der Waals surface area contributed by atoms with Crippen molar-refractivity contribution in [3.05, 3.63) is 76.9 Å². The minimum absolute atomic E-state index is 0.00543. The van der Waals surface area contributed by atoms with Gasteiger partial charge in [-0.05, 0) is 17.7 Å². The number of hydrogen-bond acceptors (Lipinski definition) is 6. The molecule has 2 heterocycles. The molecule has 1 N–H and O–H groups in total. The minimum atomic E-state index is -3.84. The third kappa shape index (κ3) is 4.25. The normalized spacial score (nSPS) is 14.4. The van der Waals surface area contributed by atoms with Gasteiger partial charge in [0.15, 0.2) is 0 Å². The van der Waals surface area contributed by atoms with Crippen molar-refractivity contribution in [2.24, 2.45) is 0 Å². The summed E-state index contributed by atoms with van der Waals surface area (Å²) in [5.74, 6) is -0.0840. The zero-order valence-electron chi connectivity index (χ0n) is 17.3. The first-order chi connectivity index (χ1) is 15.4. The summed E-state index contributed by atoms with van der Waals surface area (Å²) >= 11 is 6.29. The first kappa shape index (κ1) is 19.9. The number of nitrogens with zero attached hydrogens (tertiary/aromatic N) is 4. The Labute approximate surface area is 186 Å². The van der Waals surface area contributed by atoms with E-state index in [0.717, 1.165) is 0 Å². The number of fused-ring (bicyclic) bond motifs is 1. The minimum Gasteiger partial charge on any atom is -0.395 e. The van der Waals surface area contributed by atoms with Crippen molar-refractivity contribution in [3.8, 4) is 0 Å². The van der Waals surface area contributed by atoms with Crippen LogP contribution in [-0.2, 0) is 22.1 Å². The van der Waals surface area contributed by atoms with Crippen LogP contribution in [0.25, 0.3) is 0 Å². The van der Waals surface area contributed by atoms with E-state index in [1.807, 2.05) is 0 Å². The average molecular weight is 461 g/mol. The maximum absolute atomic E-state index is 13.3. The number of sulfone groups is 1. The molecule has 0 bridgehead atoms. The summed E-state index contributed by atoms with van der Waals surface area (Å²) in [5.41, 5.74) is 1.66. The Balaban J connectivity index is 1.73. The van der Waals surface area contributed by atoms with E-state index in [1.165, 1.54) is 16.0 Å². The van der Waals surface area contributed by atoms with E-state index in [2.05, 4.69) is 15.1 Å². The molecule has 0 fully saturated rings. The number of rotatable bonds is 7. The lowest BCUT2D eigenvalue weighted by Gasteiger charge is -2.36. The van der Waals surface area contributed by atoms with E-state index in [9.17, 15) is 13.2 Å². The van der Waals surface area contributed by atoms with E-state index in [1.54, 1.807) is 54.6 Å². The summed E-state index contributed by atoms with van der Waals surface area (Å²) in [5, 5.41) is 4.43. The summed E-state index contributed by atoms with van der Waals surface area (Å²) in [4.78, 5) is 24.3. The van der Waals surface area contributed by atoms with Gasteiger partial charge in [0.25, 0.3) is 0 Å². The lowest BCUT2D eigenvalue weighted by molar-refractivity contribution is 0.244. The molecule has 31 heavy (non-hydrogen) atoms. The Morgan fingerprint density at radius 3 is 2.61 bits per heavy atom. The number of urea groups is 1. The number of hydrogen-bond donors (Lipinski definition) is 1. The summed E-state index contributed by atoms with van der Waals surface area (Å²) in [7, 11) is -3.84. The monoisotopic (exact) mass is 460 g/mol. The van der Waals surface area contributed by atoms with E-state index < -0.39 is 15.9 Å². The van der Waals surface area contributed by atoms with Crippen molar-refractivity contribution < 1.29 is 18.3 Å². The number of anilines is 2. The van der Waals surface area contributed by atoms with Crippen molar-refractivity contribution in [2.75, 3.05) is 23.0 Å². The fourth-order valence-electron chi connectivity index (χ4n) is 3.36. The molecule has 1 aliphatic heterocycles. The lowest BCUT2D eigenvalue weighted by Crippen LogP contribution is -2.49. The molecule has 1 aliphatic rings. The van der Waals surface area contributed by atoms with Gasteiger partial charge in [0.05, 0.1) is 36.2 Å². The van der Waals surface area contributed by atoms with E-state index in [0.29, 0.717) is 21.8 Å². The number of aliphatic hydroxyl groups excluding tert-OH is 1. The molecule has 8 nitrogen and oxygen atoms in total. The van der Waals surface area contributed by atoms with Crippen molar-refractivity contribution in [2.45, 2.75) is 17.5 Å². The summed E-state index contributed by atoms with van der Waals surface area (Å²) in [6.45, 7) is 0.0399. The second-order valence-electron chi connectivity index (χ2n) is 6.92. The van der Waals surface area contributed by atoms with Gasteiger partial charge < -0.3 is 5.11 Å². The van der Waals surface area contributed by atoms with Crippen LogP contribution in [0.4, 0.5) is 16.3 Å². The molecule has 160 valence electrons. The molecule has 0 saturated heterocycles. The summed E-state index contributed by atoms with van der Waals surface area (Å²) in [6, 6.07) is 15.2. The second kappa shape index (κ2) is 8.62. The van der Waals surface area contributed by atoms with Gasteiger partial charge in [0.2, 0.25) is 16.4 Å². The number of para-hydroxylation sites is 1. The predicted octanol–water partition coefficient (Wildman–Crippen LogP) is 3.04. The fraction of sp³-hybridized carbons (Fsp3) is 0.190. The molecule has 0 atom stereocenters. The van der Waals surface area contributed by atoms with Gasteiger partial charge in [-0.1, -0.05) is 54.1 Å². The van der Waals surface area contributed by atoms with E-state index in [4.69, 9.17) is 13.0 Å². The topological polar surface area (TPSA) is 104 Å². The van der Waals surface area contributed by atoms with Crippen LogP contribution in [0.3, 0.4) is 0 Å². The third-order valence-corrected chi connectivity index (χ3v) is 6.59. The first-order valence-electron chi connectivity index (χ1n) is 9.86. The molecule has 2 aromatic carbocycles. The number of halogens is 1. The van der Waals surface area contributed by atoms with Crippen LogP contribution in [0.15, 0.2) is 66.0 Å². The van der Waals surface area contributed by atoms with Crippen LogP contribution in [0.5, 0.6) is 0 Å². The largest absolute Gasteiger partial charge is 0.395 e. The molecule has 0 radical (unpaired) electrons. The Kier molecular flexibility index (Phi) is 5.54. The number of carbonyl (C=O) groups excluding carboxylic acids is 1. The van der Waals surface area contributed by atoms with Crippen molar-refractivity contribution in [1.29, 1.82) is 1.43 Å². The van der Waals surface area contributed by atoms with Gasteiger partial charge in [0, 0.05) is 11.8 Å². The molecule has 10 heteroatoms. The number of β-amino-alcohol motifs (C(OH)–C–C–N with tert-alkyl or cyclic N) is 1. The van der Waals surface area contributed by atoms with E-state index >= 15 is 0 Å². The molecule has 0 aliphatic carbocycles. The highest BCUT2D eigenvalue weighted by molar-refractivity contribution is 7.90. The standard InChI is InChI=1S/C21H19ClN4O4S/c22-17-8-4-5-9-18(17)26-13-16-12-23-20(24-19(16)25(10-11-27)21(26)28)31(29,30)14-15-6-2-1-3-7-15/h1-9,12,27H,10-11,13-14H2/i27T. The van der Waals surface area contributed by atoms with Gasteiger partial charge in [-0.15, -0.1) is 0 Å². The van der Waals surface area contributed by atoms with Crippen LogP contribution in [0, 0.1) is 0 Å². The maximum atomic E-state index is 13.3. The SMILES string of the molecule is [3H]OCCN1C(=O)N(c2ccccc2Cl)Cc2cnc(S(=O)(=O)Cc3ccccc3)nc21. The van der Waals surface area contributed by atoms with Gasteiger partial charge in [0.1, 0.15) is 5.82 Å². The highest BCUT2D eigenvalue weighted by Crippen LogP contribution is 2.34. The molecule has 0 saturated carbocycles. The number of amides is 2. The zero-order valence-corrected chi connectivity index (χ0v) is 17.9. The first-order valence-corrected chi connectivity index (χ1v) is 11.5. The molecular weight excluding hydrogens is 440 g/mol. The predicted molar refractivity (Wildman–Crippen MR) is 117 cm³/mol. The molecule has 0 spiro atoms. The van der Waals surface area contributed by atoms with Crippen LogP contribution in [0.2, 0.25) is 5.02 Å². The molecule has 0 unspecified atom stereocenters. The second-order valence-corrected chi connectivity index (χ2v) is 9.21. The van der Waals surface area contributed by atoms with Gasteiger partial charge in [-0.25, -0.2) is 23.2 Å². The Morgan fingerprint density at radius 1 is 1.13 bits per heavy atom. The van der Waals surface area contributed by atoms with Crippen molar-refractivity contribution in [3.63, 3.8) is 0 Å². The zero-order chi connectivity index (χ0) is 22.7. The molecule has 4 rings (SSSR count). The molecule has 3 aromatic rings. The van der Waals surface area contributed by atoms with Crippen LogP contribution < -0.4 is 9.80 Å². The van der Waals surface area contributed by atoms with E-state index in [-0.39, 0.29) is 36.4 Å². The Bertz CT molecular complexity index is 1240. The molecule has 1 aromatic heterocycles. The van der Waals surface area contributed by atoms with Gasteiger partial charge in [-0.2, -0.15) is 0 Å². The highest BCUT2D eigenvalue weighted by atomic mass is 35.5. The number of aliphatic hydroxyl groups is 1. The quantitative estimate of drug-likeness (QED) is 0.543. The van der Waals surface area contributed by atoms with Crippen molar-refractivity contribution in [1.82, 2.24) is 9.97 Å². The van der Waals surface area contributed by atoms with Crippen molar-refractivity contribution >= 4 is 39.0 Å². The lowest BCUT2D eigenvalue weighted by atomic mass is 10.2. The van der Waals surface area contributed by atoms with Gasteiger partial charge in [-0.3, -0.25) is 9.80 Å². The van der Waals surface area contributed by atoms with Crippen LogP contribution in [0.1, 0.15) is 11.1 Å². The smallest absolute Gasteiger partial charge is 0.330 e. The molecule has 2 amide bonds. The number of carbonyl (C=O) groups is 1. The maximum Gasteiger partial charge on any atom is 0.330 e. The number of aromatic nitrogens is 2. The van der Waals surface area contributed by atoms with Crippen LogP contribution >= 0.6 is 11.6 Å². The molecular formula is C21H19ClN4O4S. The Morgan fingerprint density at radius 2 is 1.87 bits per heavy atom.